The van der Waals surface area contributed by atoms with Gasteiger partial charge >= 0.3 is 0 Å². The minimum absolute atomic E-state index is 0.713. The summed E-state index contributed by atoms with van der Waals surface area (Å²) in [6.45, 7) is 10.9. The fourth-order valence-electron chi connectivity index (χ4n) is 4.18. The van der Waals surface area contributed by atoms with E-state index in [1.54, 1.807) is 0 Å². The molecule has 0 bridgehead atoms. The van der Waals surface area contributed by atoms with Crippen molar-refractivity contribution in [3.05, 3.63) is 64.8 Å². The highest BCUT2D eigenvalue weighted by Gasteiger charge is 2.18. The summed E-state index contributed by atoms with van der Waals surface area (Å²) in [5, 5.41) is 9.25. The third kappa shape index (κ3) is 5.02. The van der Waals surface area contributed by atoms with E-state index in [2.05, 4.69) is 52.2 Å². The maximum atomic E-state index is 6.26. The first-order chi connectivity index (χ1) is 14.6. The normalized spacial score (nSPS) is 15.0. The molecule has 1 saturated heterocycles. The number of rotatable bonds is 7. The highest BCUT2D eigenvalue weighted by atomic mass is 35.5. The van der Waals surface area contributed by atoms with Gasteiger partial charge in [-0.15, -0.1) is 5.10 Å². The molecule has 0 amide bonds. The monoisotopic (exact) mass is 423 g/mol. The van der Waals surface area contributed by atoms with Gasteiger partial charge in [0.2, 0.25) is 0 Å². The molecule has 0 spiro atoms. The molecular weight excluding hydrogens is 394 g/mol. The SMILES string of the molecule is Cc1ccc(N2CCN(CCCCn3cc(-c4ccccc4Cl)nn3)CC2)c(C)c1. The number of anilines is 1. The second kappa shape index (κ2) is 9.63. The molecule has 0 atom stereocenters. The topological polar surface area (TPSA) is 37.2 Å². The molecule has 0 unspecified atom stereocenters. The van der Waals surface area contributed by atoms with Crippen molar-refractivity contribution < 1.29 is 0 Å². The van der Waals surface area contributed by atoms with Crippen molar-refractivity contribution >= 4 is 17.3 Å². The zero-order valence-corrected chi connectivity index (χ0v) is 18.6. The predicted octanol–water partition coefficient (Wildman–Crippen LogP) is 4.82. The Balaban J connectivity index is 1.20. The number of hydrogen-bond acceptors (Lipinski definition) is 4. The summed E-state index contributed by atoms with van der Waals surface area (Å²) < 4.78 is 1.93. The van der Waals surface area contributed by atoms with Crippen LogP contribution < -0.4 is 4.90 Å². The van der Waals surface area contributed by atoms with E-state index in [4.69, 9.17) is 11.6 Å². The van der Waals surface area contributed by atoms with Gasteiger partial charge in [0.25, 0.3) is 0 Å². The van der Waals surface area contributed by atoms with Gasteiger partial charge in [-0.05, 0) is 50.9 Å². The highest BCUT2D eigenvalue weighted by molar-refractivity contribution is 6.33. The van der Waals surface area contributed by atoms with Crippen molar-refractivity contribution in [1.82, 2.24) is 19.9 Å². The molecule has 1 fully saturated rings. The van der Waals surface area contributed by atoms with E-state index < -0.39 is 0 Å². The lowest BCUT2D eigenvalue weighted by molar-refractivity contribution is 0.250. The zero-order valence-electron chi connectivity index (χ0n) is 17.9. The highest BCUT2D eigenvalue weighted by Crippen LogP contribution is 2.25. The fourth-order valence-corrected chi connectivity index (χ4v) is 4.41. The molecule has 0 radical (unpaired) electrons. The van der Waals surface area contributed by atoms with Crippen LogP contribution in [0.15, 0.2) is 48.7 Å². The number of benzene rings is 2. The summed E-state index contributed by atoms with van der Waals surface area (Å²) in [6.07, 6.45) is 4.26. The Morgan fingerprint density at radius 2 is 1.70 bits per heavy atom. The van der Waals surface area contributed by atoms with Crippen LogP contribution in [-0.2, 0) is 6.54 Å². The quantitative estimate of drug-likeness (QED) is 0.510. The van der Waals surface area contributed by atoms with Crippen molar-refractivity contribution in [3.8, 4) is 11.3 Å². The van der Waals surface area contributed by atoms with Crippen LogP contribution in [-0.4, -0.2) is 52.6 Å². The van der Waals surface area contributed by atoms with Gasteiger partial charge in [0, 0.05) is 44.0 Å². The molecule has 0 saturated carbocycles. The molecule has 158 valence electrons. The zero-order chi connectivity index (χ0) is 20.9. The molecule has 1 aliphatic rings. The van der Waals surface area contributed by atoms with E-state index in [1.165, 1.54) is 23.2 Å². The molecule has 0 N–H and O–H groups in total. The van der Waals surface area contributed by atoms with E-state index in [1.807, 2.05) is 35.1 Å². The summed E-state index contributed by atoms with van der Waals surface area (Å²) >= 11 is 6.26. The summed E-state index contributed by atoms with van der Waals surface area (Å²) in [5.41, 5.74) is 5.88. The van der Waals surface area contributed by atoms with Crippen molar-refractivity contribution in [2.75, 3.05) is 37.6 Å². The van der Waals surface area contributed by atoms with Crippen molar-refractivity contribution in [2.45, 2.75) is 33.2 Å². The molecule has 2 heterocycles. The molecular formula is C24H30ClN5. The third-order valence-electron chi connectivity index (χ3n) is 5.87. The Bertz CT molecular complexity index is 975. The van der Waals surface area contributed by atoms with Crippen molar-refractivity contribution in [1.29, 1.82) is 0 Å². The Kier molecular flexibility index (Phi) is 6.70. The molecule has 0 aliphatic carbocycles. The number of hydrogen-bond donors (Lipinski definition) is 0. The van der Waals surface area contributed by atoms with E-state index in [-0.39, 0.29) is 0 Å². The van der Waals surface area contributed by atoms with Gasteiger partial charge in [-0.2, -0.15) is 0 Å². The van der Waals surface area contributed by atoms with Crippen LogP contribution in [0.5, 0.6) is 0 Å². The molecule has 4 rings (SSSR count). The lowest BCUT2D eigenvalue weighted by Gasteiger charge is -2.37. The van der Waals surface area contributed by atoms with Crippen LogP contribution in [0.2, 0.25) is 5.02 Å². The Morgan fingerprint density at radius 1 is 0.933 bits per heavy atom. The second-order valence-electron chi connectivity index (χ2n) is 8.17. The molecule has 5 nitrogen and oxygen atoms in total. The van der Waals surface area contributed by atoms with Gasteiger partial charge < -0.3 is 4.90 Å². The van der Waals surface area contributed by atoms with Crippen LogP contribution in [0.1, 0.15) is 24.0 Å². The van der Waals surface area contributed by atoms with Gasteiger partial charge in [-0.3, -0.25) is 9.58 Å². The van der Waals surface area contributed by atoms with Crippen LogP contribution in [0.25, 0.3) is 11.3 Å². The third-order valence-corrected chi connectivity index (χ3v) is 6.19. The van der Waals surface area contributed by atoms with Crippen LogP contribution in [0.4, 0.5) is 5.69 Å². The van der Waals surface area contributed by atoms with Gasteiger partial charge in [0.15, 0.2) is 0 Å². The first-order valence-electron chi connectivity index (χ1n) is 10.8. The molecule has 3 aromatic rings. The average molecular weight is 424 g/mol. The molecule has 1 aliphatic heterocycles. The molecule has 30 heavy (non-hydrogen) atoms. The fraction of sp³-hybridized carbons (Fsp3) is 0.417. The standard InChI is InChI=1S/C24H30ClN5/c1-19-9-10-24(20(2)17-19)29-15-13-28(14-16-29)11-5-6-12-30-18-23(26-27-30)21-7-3-4-8-22(21)25/h3-4,7-10,17-18H,5-6,11-16H2,1-2H3. The minimum Gasteiger partial charge on any atom is -0.369 e. The Hall–Kier alpha value is -2.37. The lowest BCUT2D eigenvalue weighted by Crippen LogP contribution is -2.46. The largest absolute Gasteiger partial charge is 0.369 e. The van der Waals surface area contributed by atoms with Gasteiger partial charge in [-0.25, -0.2) is 0 Å². The summed E-state index contributed by atoms with van der Waals surface area (Å²) in [4.78, 5) is 5.10. The number of halogens is 1. The van der Waals surface area contributed by atoms with E-state index in [0.717, 1.165) is 56.9 Å². The number of aromatic nitrogens is 3. The predicted molar refractivity (Wildman–Crippen MR) is 124 cm³/mol. The molecule has 1 aromatic heterocycles. The Morgan fingerprint density at radius 3 is 2.47 bits per heavy atom. The first kappa shape index (κ1) is 20.9. The lowest BCUT2D eigenvalue weighted by atomic mass is 10.1. The first-order valence-corrected chi connectivity index (χ1v) is 11.2. The summed E-state index contributed by atoms with van der Waals surface area (Å²) in [7, 11) is 0. The number of unbranched alkanes of at least 4 members (excludes halogenated alkanes) is 1. The Labute approximate surface area is 184 Å². The smallest absolute Gasteiger partial charge is 0.114 e. The van der Waals surface area contributed by atoms with Crippen molar-refractivity contribution in [2.24, 2.45) is 0 Å². The number of piperazine rings is 1. The maximum Gasteiger partial charge on any atom is 0.114 e. The van der Waals surface area contributed by atoms with Crippen molar-refractivity contribution in [3.63, 3.8) is 0 Å². The van der Waals surface area contributed by atoms with Gasteiger partial charge in [-0.1, -0.05) is 52.7 Å². The summed E-state index contributed by atoms with van der Waals surface area (Å²) in [6, 6.07) is 14.5. The molecule has 2 aromatic carbocycles. The average Bonchev–Trinajstić information content (AvgIpc) is 3.21. The maximum absolute atomic E-state index is 6.26. The van der Waals surface area contributed by atoms with Crippen LogP contribution in [0, 0.1) is 13.8 Å². The summed E-state index contributed by atoms with van der Waals surface area (Å²) in [5.74, 6) is 0. The number of nitrogens with zero attached hydrogens (tertiary/aromatic N) is 5. The van der Waals surface area contributed by atoms with Gasteiger partial charge in [0.1, 0.15) is 5.69 Å². The minimum atomic E-state index is 0.713. The van der Waals surface area contributed by atoms with Crippen LogP contribution in [0.3, 0.4) is 0 Å². The molecule has 6 heteroatoms. The van der Waals surface area contributed by atoms with E-state index in [9.17, 15) is 0 Å². The van der Waals surface area contributed by atoms with E-state index in [0.29, 0.717) is 5.02 Å². The number of aryl methyl sites for hydroxylation is 3. The second-order valence-corrected chi connectivity index (χ2v) is 8.58. The van der Waals surface area contributed by atoms with E-state index >= 15 is 0 Å². The van der Waals surface area contributed by atoms with Gasteiger partial charge in [0.05, 0.1) is 11.2 Å². The van der Waals surface area contributed by atoms with Crippen LogP contribution >= 0.6 is 11.6 Å².